The monoisotopic (exact) mass is 260 g/mol. The van der Waals surface area contributed by atoms with E-state index in [1.165, 1.54) is 25.7 Å². The number of hydrogen-bond acceptors (Lipinski definition) is 3. The molecule has 104 valence electrons. The molecule has 1 aromatic heterocycles. The lowest BCUT2D eigenvalue weighted by Crippen LogP contribution is -2.42. The molecule has 0 aliphatic carbocycles. The topological polar surface area (TPSA) is 33.1 Å². The van der Waals surface area contributed by atoms with Crippen LogP contribution in [0.5, 0.6) is 0 Å². The van der Waals surface area contributed by atoms with Crippen molar-refractivity contribution in [3.63, 3.8) is 0 Å². The summed E-state index contributed by atoms with van der Waals surface area (Å²) in [5.41, 5.74) is 0. The molecule has 1 N–H and O–H groups in total. The highest BCUT2D eigenvalue weighted by atomic mass is 15.1. The maximum atomic E-state index is 5.33. The van der Waals surface area contributed by atoms with Gasteiger partial charge < -0.3 is 9.88 Å². The summed E-state index contributed by atoms with van der Waals surface area (Å²) in [6.45, 7) is 5.27. The minimum Gasteiger partial charge on any atom is -0.337 e. The molecule has 0 spiro atoms. The van der Waals surface area contributed by atoms with Crippen molar-refractivity contribution in [2.75, 3.05) is 26.2 Å². The zero-order valence-electron chi connectivity index (χ0n) is 11.6. The third-order valence-corrected chi connectivity index (χ3v) is 3.74. The third kappa shape index (κ3) is 5.06. The van der Waals surface area contributed by atoms with Crippen LogP contribution < -0.4 is 5.32 Å². The fraction of sp³-hybridized carbons (Fsp3) is 0.667. The van der Waals surface area contributed by atoms with Crippen molar-refractivity contribution in [3.8, 4) is 12.3 Å². The van der Waals surface area contributed by atoms with Crippen LogP contribution in [0.3, 0.4) is 0 Å². The molecular formula is C15H24N4. The summed E-state index contributed by atoms with van der Waals surface area (Å²) in [5.74, 6) is 2.72. The number of likely N-dealkylation sites (tertiary alicyclic amines) is 1. The maximum Gasteiger partial charge on any atom is 0.0945 e. The molecule has 0 bridgehead atoms. The molecule has 0 radical (unpaired) electrons. The van der Waals surface area contributed by atoms with Crippen molar-refractivity contribution in [1.82, 2.24) is 19.8 Å². The van der Waals surface area contributed by atoms with E-state index in [-0.39, 0.29) is 0 Å². The predicted molar refractivity (Wildman–Crippen MR) is 77.8 cm³/mol. The van der Waals surface area contributed by atoms with E-state index in [1.807, 2.05) is 18.7 Å². The van der Waals surface area contributed by atoms with Gasteiger partial charge in [0.15, 0.2) is 0 Å². The van der Waals surface area contributed by atoms with Crippen molar-refractivity contribution in [2.45, 2.75) is 38.3 Å². The molecule has 2 heterocycles. The number of nitrogens with one attached hydrogen (secondary N) is 1. The van der Waals surface area contributed by atoms with Crippen molar-refractivity contribution >= 4 is 0 Å². The number of aromatic nitrogens is 2. The van der Waals surface area contributed by atoms with Gasteiger partial charge in [-0.1, -0.05) is 5.92 Å². The lowest BCUT2D eigenvalue weighted by Gasteiger charge is -2.31. The normalized spacial score (nSPS) is 17.4. The number of rotatable bonds is 7. The molecule has 0 aromatic carbocycles. The molecule has 4 nitrogen and oxygen atoms in total. The first-order chi connectivity index (χ1) is 9.38. The number of aryl methyl sites for hydroxylation is 1. The molecule has 0 saturated carbocycles. The Bertz CT molecular complexity index is 371. The minimum atomic E-state index is 0.683. The van der Waals surface area contributed by atoms with Gasteiger partial charge >= 0.3 is 0 Å². The molecular weight excluding hydrogens is 236 g/mol. The van der Waals surface area contributed by atoms with Crippen LogP contribution in [0.4, 0.5) is 0 Å². The summed E-state index contributed by atoms with van der Waals surface area (Å²) >= 11 is 0. The molecule has 1 fully saturated rings. The molecule has 0 amide bonds. The van der Waals surface area contributed by atoms with E-state index < -0.39 is 0 Å². The average Bonchev–Trinajstić information content (AvgIpc) is 2.94. The van der Waals surface area contributed by atoms with Gasteiger partial charge in [0.25, 0.3) is 0 Å². The number of terminal acetylenes is 1. The van der Waals surface area contributed by atoms with E-state index in [1.54, 1.807) is 0 Å². The molecule has 1 aliphatic heterocycles. The lowest BCUT2D eigenvalue weighted by molar-refractivity contribution is 0.217. The largest absolute Gasteiger partial charge is 0.337 e. The first kappa shape index (κ1) is 14.1. The van der Waals surface area contributed by atoms with E-state index in [0.717, 1.165) is 32.7 Å². The van der Waals surface area contributed by atoms with E-state index in [4.69, 9.17) is 6.42 Å². The minimum absolute atomic E-state index is 0.683. The molecule has 1 aromatic rings. The number of hydrogen-bond donors (Lipinski definition) is 1. The Balaban J connectivity index is 1.49. The Labute approximate surface area is 116 Å². The molecule has 1 aliphatic rings. The highest BCUT2D eigenvalue weighted by Crippen LogP contribution is 2.09. The van der Waals surface area contributed by atoms with Crippen molar-refractivity contribution in [2.24, 2.45) is 0 Å². The number of imidazole rings is 1. The second-order valence-electron chi connectivity index (χ2n) is 5.22. The zero-order valence-corrected chi connectivity index (χ0v) is 11.6. The van der Waals surface area contributed by atoms with Crippen LogP contribution in [0.15, 0.2) is 18.7 Å². The van der Waals surface area contributed by atoms with Gasteiger partial charge in [0.1, 0.15) is 0 Å². The highest BCUT2D eigenvalue weighted by molar-refractivity contribution is 4.90. The summed E-state index contributed by atoms with van der Waals surface area (Å²) in [6, 6.07) is 0.683. The van der Waals surface area contributed by atoms with E-state index >= 15 is 0 Å². The van der Waals surface area contributed by atoms with Gasteiger partial charge in [-0.15, -0.1) is 6.42 Å². The van der Waals surface area contributed by atoms with Crippen LogP contribution in [0.25, 0.3) is 0 Å². The Morgan fingerprint density at radius 2 is 2.16 bits per heavy atom. The van der Waals surface area contributed by atoms with E-state index in [0.29, 0.717) is 6.04 Å². The third-order valence-electron chi connectivity index (χ3n) is 3.74. The van der Waals surface area contributed by atoms with E-state index in [2.05, 4.69) is 25.7 Å². The summed E-state index contributed by atoms with van der Waals surface area (Å²) in [5, 5.41) is 3.66. The maximum absolute atomic E-state index is 5.33. The Kier molecular flexibility index (Phi) is 5.93. The fourth-order valence-electron chi connectivity index (χ4n) is 2.57. The molecule has 4 heteroatoms. The molecule has 0 unspecified atom stereocenters. The number of nitrogens with zero attached hydrogens (tertiary/aromatic N) is 3. The van der Waals surface area contributed by atoms with Gasteiger partial charge in [0.2, 0.25) is 0 Å². The highest BCUT2D eigenvalue weighted by Gasteiger charge is 2.17. The van der Waals surface area contributed by atoms with Crippen molar-refractivity contribution < 1.29 is 0 Å². The zero-order chi connectivity index (χ0) is 13.3. The van der Waals surface area contributed by atoms with E-state index in [9.17, 15) is 0 Å². The summed E-state index contributed by atoms with van der Waals surface area (Å²) in [6.07, 6.45) is 16.0. The van der Waals surface area contributed by atoms with Gasteiger partial charge in [-0.05, 0) is 32.2 Å². The summed E-state index contributed by atoms with van der Waals surface area (Å²) in [7, 11) is 0. The second kappa shape index (κ2) is 7.98. The van der Waals surface area contributed by atoms with Gasteiger partial charge in [-0.3, -0.25) is 4.90 Å². The van der Waals surface area contributed by atoms with Crippen LogP contribution in [0, 0.1) is 12.3 Å². The van der Waals surface area contributed by atoms with Gasteiger partial charge in [0, 0.05) is 38.1 Å². The van der Waals surface area contributed by atoms with Gasteiger partial charge in [-0.2, -0.15) is 0 Å². The van der Waals surface area contributed by atoms with Crippen LogP contribution in [0.1, 0.15) is 25.7 Å². The van der Waals surface area contributed by atoms with Crippen LogP contribution >= 0.6 is 0 Å². The smallest absolute Gasteiger partial charge is 0.0945 e. The average molecular weight is 260 g/mol. The summed E-state index contributed by atoms with van der Waals surface area (Å²) < 4.78 is 2.14. The van der Waals surface area contributed by atoms with Crippen molar-refractivity contribution in [1.29, 1.82) is 0 Å². The van der Waals surface area contributed by atoms with Gasteiger partial charge in [-0.25, -0.2) is 4.98 Å². The van der Waals surface area contributed by atoms with Crippen LogP contribution in [-0.4, -0.2) is 46.7 Å². The van der Waals surface area contributed by atoms with Gasteiger partial charge in [0.05, 0.1) is 12.9 Å². The number of unbranched alkanes of at least 4 members (excludes halogenated alkanes) is 1. The first-order valence-electron chi connectivity index (χ1n) is 7.23. The number of piperidine rings is 1. The molecule has 2 rings (SSSR count). The molecule has 1 saturated heterocycles. The first-order valence-corrected chi connectivity index (χ1v) is 7.23. The predicted octanol–water partition coefficient (Wildman–Crippen LogP) is 1.35. The Morgan fingerprint density at radius 3 is 2.84 bits per heavy atom. The second-order valence-corrected chi connectivity index (χ2v) is 5.22. The lowest BCUT2D eigenvalue weighted by atomic mass is 10.0. The quantitative estimate of drug-likeness (QED) is 0.593. The van der Waals surface area contributed by atoms with Crippen molar-refractivity contribution in [3.05, 3.63) is 18.7 Å². The standard InChI is InChI=1S/C15H24N4/c1-2-9-18-11-5-15(6-12-18)17-7-3-4-10-19-13-8-16-14-19/h1,8,13-15,17H,3-7,9-12H2. The SMILES string of the molecule is C#CCN1CCC(NCCCCn2ccnc2)CC1. The molecule has 19 heavy (non-hydrogen) atoms. The summed E-state index contributed by atoms with van der Waals surface area (Å²) in [4.78, 5) is 6.40. The van der Waals surface area contributed by atoms with Crippen LogP contribution in [-0.2, 0) is 6.54 Å². The molecule has 0 atom stereocenters. The Morgan fingerprint density at radius 1 is 1.32 bits per heavy atom. The van der Waals surface area contributed by atoms with Crippen LogP contribution in [0.2, 0.25) is 0 Å². The fourth-order valence-corrected chi connectivity index (χ4v) is 2.57. The Hall–Kier alpha value is -1.31.